The molecule has 204 valence electrons. The van der Waals surface area contributed by atoms with Gasteiger partial charge < -0.3 is 29.5 Å². The number of carboxylic acid groups (broad SMARTS) is 1. The highest BCUT2D eigenvalue weighted by Crippen LogP contribution is 2.20. The SMILES string of the molecule is CCCC(CCC)CN(CCOc1ccc(CC(OCC)C(=O)O)cc1)C(=O)Nc1cccc(OC)c1. The quantitative estimate of drug-likeness (QED) is 0.275. The van der Waals surface area contributed by atoms with Gasteiger partial charge in [0.25, 0.3) is 0 Å². The van der Waals surface area contributed by atoms with Crippen LogP contribution in [0.4, 0.5) is 10.5 Å². The fourth-order valence-corrected chi connectivity index (χ4v) is 4.26. The minimum Gasteiger partial charge on any atom is -0.497 e. The number of carbonyl (C=O) groups is 2. The maximum absolute atomic E-state index is 13.2. The summed E-state index contributed by atoms with van der Waals surface area (Å²) < 4.78 is 16.5. The number of hydrogen-bond acceptors (Lipinski definition) is 5. The van der Waals surface area contributed by atoms with Gasteiger partial charge in [-0.1, -0.05) is 44.9 Å². The average Bonchev–Trinajstić information content (AvgIpc) is 2.89. The molecule has 0 spiro atoms. The number of methoxy groups -OCH3 is 1. The van der Waals surface area contributed by atoms with Crippen molar-refractivity contribution in [2.24, 2.45) is 5.92 Å². The van der Waals surface area contributed by atoms with Crippen LogP contribution in [-0.2, 0) is 16.0 Å². The number of anilines is 1. The summed E-state index contributed by atoms with van der Waals surface area (Å²) in [7, 11) is 1.60. The number of carbonyl (C=O) groups excluding carboxylic acids is 1. The van der Waals surface area contributed by atoms with Gasteiger partial charge in [-0.05, 0) is 55.5 Å². The summed E-state index contributed by atoms with van der Waals surface area (Å²) in [4.78, 5) is 26.4. The molecule has 2 aromatic carbocycles. The third kappa shape index (κ3) is 10.7. The highest BCUT2D eigenvalue weighted by molar-refractivity contribution is 5.89. The van der Waals surface area contributed by atoms with Crippen LogP contribution in [0.25, 0.3) is 0 Å². The average molecular weight is 515 g/mol. The van der Waals surface area contributed by atoms with E-state index >= 15 is 0 Å². The lowest BCUT2D eigenvalue weighted by molar-refractivity contribution is -0.149. The molecule has 37 heavy (non-hydrogen) atoms. The first-order chi connectivity index (χ1) is 17.9. The normalized spacial score (nSPS) is 11.7. The number of benzene rings is 2. The molecule has 0 aliphatic rings. The number of hydrogen-bond donors (Lipinski definition) is 2. The summed E-state index contributed by atoms with van der Waals surface area (Å²) in [5, 5.41) is 12.3. The Morgan fingerprint density at radius 1 is 1.00 bits per heavy atom. The van der Waals surface area contributed by atoms with Crippen molar-refractivity contribution in [3.63, 3.8) is 0 Å². The maximum atomic E-state index is 13.2. The molecule has 0 bridgehead atoms. The van der Waals surface area contributed by atoms with Crippen molar-refractivity contribution < 1.29 is 28.9 Å². The maximum Gasteiger partial charge on any atom is 0.333 e. The van der Waals surface area contributed by atoms with Crippen LogP contribution in [0.3, 0.4) is 0 Å². The van der Waals surface area contributed by atoms with Crippen molar-refractivity contribution in [2.45, 2.75) is 59.0 Å². The Morgan fingerprint density at radius 2 is 1.70 bits per heavy atom. The van der Waals surface area contributed by atoms with Gasteiger partial charge in [0.2, 0.25) is 0 Å². The first-order valence-corrected chi connectivity index (χ1v) is 13.2. The van der Waals surface area contributed by atoms with Crippen LogP contribution in [0.1, 0.15) is 52.0 Å². The molecule has 2 rings (SSSR count). The van der Waals surface area contributed by atoms with E-state index in [9.17, 15) is 14.7 Å². The Labute approximate surface area is 220 Å². The smallest absolute Gasteiger partial charge is 0.333 e. The largest absolute Gasteiger partial charge is 0.497 e. The minimum absolute atomic E-state index is 0.167. The first-order valence-electron chi connectivity index (χ1n) is 13.2. The second-order valence-electron chi connectivity index (χ2n) is 9.03. The monoisotopic (exact) mass is 514 g/mol. The zero-order valence-electron chi connectivity index (χ0n) is 22.6. The van der Waals surface area contributed by atoms with Crippen molar-refractivity contribution in [1.29, 1.82) is 0 Å². The van der Waals surface area contributed by atoms with Crippen molar-refractivity contribution in [3.05, 3.63) is 54.1 Å². The van der Waals surface area contributed by atoms with Gasteiger partial charge in [-0.25, -0.2) is 9.59 Å². The lowest BCUT2D eigenvalue weighted by Gasteiger charge is -2.28. The number of amides is 2. The lowest BCUT2D eigenvalue weighted by Crippen LogP contribution is -2.41. The Morgan fingerprint density at radius 3 is 2.30 bits per heavy atom. The Kier molecular flexibility index (Phi) is 13.3. The molecule has 0 heterocycles. The second kappa shape index (κ2) is 16.5. The van der Waals surface area contributed by atoms with Gasteiger partial charge in [0, 0.05) is 31.3 Å². The Bertz CT molecular complexity index is 944. The van der Waals surface area contributed by atoms with Gasteiger partial charge in [-0.15, -0.1) is 0 Å². The first kappa shape index (κ1) is 30.0. The summed E-state index contributed by atoms with van der Waals surface area (Å²) in [5.74, 6) is 0.803. The van der Waals surface area contributed by atoms with Crippen LogP contribution in [0, 0.1) is 5.92 Å². The summed E-state index contributed by atoms with van der Waals surface area (Å²) in [6.45, 7) is 7.90. The number of urea groups is 1. The van der Waals surface area contributed by atoms with E-state index in [0.717, 1.165) is 31.2 Å². The molecule has 0 saturated heterocycles. The van der Waals surface area contributed by atoms with E-state index < -0.39 is 12.1 Å². The summed E-state index contributed by atoms with van der Waals surface area (Å²) >= 11 is 0. The Hall–Kier alpha value is -3.26. The van der Waals surface area contributed by atoms with E-state index in [1.165, 1.54) is 0 Å². The zero-order chi connectivity index (χ0) is 27.0. The third-order valence-electron chi connectivity index (χ3n) is 6.10. The number of nitrogens with one attached hydrogen (secondary N) is 1. The third-order valence-corrected chi connectivity index (χ3v) is 6.10. The highest BCUT2D eigenvalue weighted by atomic mass is 16.5. The fourth-order valence-electron chi connectivity index (χ4n) is 4.26. The summed E-state index contributed by atoms with van der Waals surface area (Å²) in [6, 6.07) is 14.5. The summed E-state index contributed by atoms with van der Waals surface area (Å²) in [5.41, 5.74) is 1.54. The van der Waals surface area contributed by atoms with Crippen LogP contribution < -0.4 is 14.8 Å². The minimum atomic E-state index is -0.973. The molecule has 2 N–H and O–H groups in total. The molecule has 0 aliphatic heterocycles. The summed E-state index contributed by atoms with van der Waals surface area (Å²) in [6.07, 6.45) is 3.71. The fraction of sp³-hybridized carbons (Fsp3) is 0.517. The molecule has 0 aliphatic carbocycles. The number of carboxylic acids is 1. The molecule has 8 heteroatoms. The molecule has 0 radical (unpaired) electrons. The van der Waals surface area contributed by atoms with Crippen LogP contribution in [0.15, 0.2) is 48.5 Å². The lowest BCUT2D eigenvalue weighted by atomic mass is 9.98. The van der Waals surface area contributed by atoms with Gasteiger partial charge in [0.15, 0.2) is 6.10 Å². The Balaban J connectivity index is 2.01. The van der Waals surface area contributed by atoms with E-state index in [1.807, 2.05) is 47.4 Å². The molecule has 0 aromatic heterocycles. The number of rotatable bonds is 17. The van der Waals surface area contributed by atoms with E-state index in [-0.39, 0.29) is 12.5 Å². The number of aliphatic carboxylic acids is 1. The van der Waals surface area contributed by atoms with Gasteiger partial charge in [0.1, 0.15) is 18.1 Å². The molecule has 2 aromatic rings. The predicted octanol–water partition coefficient (Wildman–Crippen LogP) is 5.86. The van der Waals surface area contributed by atoms with E-state index in [4.69, 9.17) is 14.2 Å². The predicted molar refractivity (Wildman–Crippen MR) is 146 cm³/mol. The van der Waals surface area contributed by atoms with Gasteiger partial charge in [-0.2, -0.15) is 0 Å². The van der Waals surface area contributed by atoms with E-state index in [1.54, 1.807) is 20.1 Å². The van der Waals surface area contributed by atoms with Crippen LogP contribution >= 0.6 is 0 Å². The molecular weight excluding hydrogens is 472 g/mol. The molecule has 0 fully saturated rings. The molecule has 1 atom stereocenters. The second-order valence-corrected chi connectivity index (χ2v) is 9.03. The van der Waals surface area contributed by atoms with E-state index in [0.29, 0.717) is 49.4 Å². The zero-order valence-corrected chi connectivity index (χ0v) is 22.6. The molecule has 2 amide bonds. The standard InChI is InChI=1S/C29H42N2O6/c1-5-9-23(10-6-2)21-31(29(34)30-24-11-8-12-26(20-24)35-4)17-18-37-25-15-13-22(14-16-25)19-27(28(32)33)36-7-3/h8,11-16,20,23,27H,5-7,9-10,17-19,21H2,1-4H3,(H,30,34)(H,32,33). The van der Waals surface area contributed by atoms with Crippen molar-refractivity contribution in [1.82, 2.24) is 4.90 Å². The van der Waals surface area contributed by atoms with Crippen LogP contribution in [0.2, 0.25) is 0 Å². The molecular formula is C29H42N2O6. The van der Waals surface area contributed by atoms with Crippen LogP contribution in [-0.4, -0.2) is 61.5 Å². The van der Waals surface area contributed by atoms with Crippen LogP contribution in [0.5, 0.6) is 11.5 Å². The topological polar surface area (TPSA) is 97.3 Å². The van der Waals surface area contributed by atoms with Crippen molar-refractivity contribution in [2.75, 3.05) is 38.7 Å². The number of ether oxygens (including phenoxy) is 3. The van der Waals surface area contributed by atoms with Gasteiger partial charge >= 0.3 is 12.0 Å². The van der Waals surface area contributed by atoms with Gasteiger partial charge in [0.05, 0.1) is 13.7 Å². The van der Waals surface area contributed by atoms with Crippen molar-refractivity contribution in [3.8, 4) is 11.5 Å². The highest BCUT2D eigenvalue weighted by Gasteiger charge is 2.20. The van der Waals surface area contributed by atoms with Crippen molar-refractivity contribution >= 4 is 17.7 Å². The molecule has 0 saturated carbocycles. The van der Waals surface area contributed by atoms with E-state index in [2.05, 4.69) is 19.2 Å². The molecule has 8 nitrogen and oxygen atoms in total. The molecule has 1 unspecified atom stereocenters. The van der Waals surface area contributed by atoms with Gasteiger partial charge in [-0.3, -0.25) is 0 Å². The number of nitrogens with zero attached hydrogens (tertiary/aromatic N) is 1.